The fourth-order valence-corrected chi connectivity index (χ4v) is 4.98. The molecule has 10 heteroatoms. The highest BCUT2D eigenvalue weighted by atomic mass is 32.2. The van der Waals surface area contributed by atoms with E-state index >= 15 is 0 Å². The Morgan fingerprint density at radius 3 is 2.18 bits per heavy atom. The Morgan fingerprint density at radius 2 is 1.71 bits per heavy atom. The Balaban J connectivity index is 3.01. The highest BCUT2D eigenvalue weighted by Crippen LogP contribution is 2.37. The van der Waals surface area contributed by atoms with E-state index in [1.807, 2.05) is 0 Å². The number of anilines is 1. The van der Waals surface area contributed by atoms with E-state index in [4.69, 9.17) is 4.74 Å². The number of nitrogens with zero attached hydrogens (tertiary/aromatic N) is 1. The molecule has 0 radical (unpaired) electrons. The van der Waals surface area contributed by atoms with Gasteiger partial charge >= 0.3 is 5.97 Å². The molecule has 1 aromatic carbocycles. The summed E-state index contributed by atoms with van der Waals surface area (Å²) >= 11 is 0. The molecule has 1 heterocycles. The monoisotopic (exact) mass is 430 g/mol. The predicted octanol–water partition coefficient (Wildman–Crippen LogP) is 2.68. The molecule has 0 aliphatic rings. The third-order valence-electron chi connectivity index (χ3n) is 4.32. The van der Waals surface area contributed by atoms with E-state index in [9.17, 15) is 21.6 Å². The van der Waals surface area contributed by atoms with Crippen LogP contribution in [0.2, 0.25) is 0 Å². The van der Waals surface area contributed by atoms with Crippen molar-refractivity contribution in [2.75, 3.05) is 23.3 Å². The van der Waals surface area contributed by atoms with Crippen LogP contribution < -0.4 is 4.72 Å². The van der Waals surface area contributed by atoms with Crippen molar-refractivity contribution in [2.24, 2.45) is 0 Å². The van der Waals surface area contributed by atoms with Crippen molar-refractivity contribution >= 4 is 42.6 Å². The molecular formula is C18H26N2O6S2. The molecule has 0 amide bonds. The summed E-state index contributed by atoms with van der Waals surface area (Å²) in [5.74, 6) is -0.964. The molecule has 0 aliphatic heterocycles. The lowest BCUT2D eigenvalue weighted by Crippen LogP contribution is -2.26. The summed E-state index contributed by atoms with van der Waals surface area (Å²) in [6, 6.07) is 4.44. The van der Waals surface area contributed by atoms with Crippen molar-refractivity contribution in [1.29, 1.82) is 0 Å². The Kier molecular flexibility index (Phi) is 5.87. The maximum absolute atomic E-state index is 12.9. The number of hydrogen-bond acceptors (Lipinski definition) is 6. The highest BCUT2D eigenvalue weighted by Gasteiger charge is 2.34. The van der Waals surface area contributed by atoms with Gasteiger partial charge < -0.3 is 4.74 Å². The van der Waals surface area contributed by atoms with Gasteiger partial charge in [0, 0.05) is 16.5 Å². The Morgan fingerprint density at radius 1 is 1.11 bits per heavy atom. The number of methoxy groups -OCH3 is 1. The maximum atomic E-state index is 12.9. The van der Waals surface area contributed by atoms with Gasteiger partial charge in [-0.1, -0.05) is 20.8 Å². The molecule has 8 nitrogen and oxygen atoms in total. The summed E-state index contributed by atoms with van der Waals surface area (Å²) in [5, 5.41) is 0.310. The summed E-state index contributed by atoms with van der Waals surface area (Å²) < 4.78 is 58.1. The Bertz CT molecular complexity index is 1120. The first kappa shape index (κ1) is 22.2. The van der Waals surface area contributed by atoms with Crippen LogP contribution in [0.15, 0.2) is 18.2 Å². The zero-order chi connectivity index (χ0) is 21.5. The van der Waals surface area contributed by atoms with Gasteiger partial charge in [-0.3, -0.25) is 4.72 Å². The summed E-state index contributed by atoms with van der Waals surface area (Å²) in [7, 11) is -6.06. The molecule has 2 rings (SSSR count). The normalized spacial score (nSPS) is 12.9. The largest absolute Gasteiger partial charge is 0.465 e. The highest BCUT2D eigenvalue weighted by molar-refractivity contribution is 7.92. The summed E-state index contributed by atoms with van der Waals surface area (Å²) in [4.78, 5) is 12.6. The number of carbonyl (C=O) groups excluding carboxylic acids is 1. The molecule has 0 atom stereocenters. The zero-order valence-electron chi connectivity index (χ0n) is 16.9. The molecule has 2 aromatic rings. The molecule has 0 saturated heterocycles. The molecule has 0 saturated carbocycles. The molecule has 28 heavy (non-hydrogen) atoms. The van der Waals surface area contributed by atoms with E-state index in [2.05, 4.69) is 4.72 Å². The van der Waals surface area contributed by atoms with Gasteiger partial charge in [0.25, 0.3) is 0 Å². The fraction of sp³-hybridized carbons (Fsp3) is 0.500. The van der Waals surface area contributed by atoms with Crippen LogP contribution in [0.1, 0.15) is 50.7 Å². The number of ether oxygens (including phenoxy) is 1. The number of rotatable bonds is 6. The number of hydrogen-bond donors (Lipinski definition) is 1. The van der Waals surface area contributed by atoms with E-state index in [-0.39, 0.29) is 22.8 Å². The smallest absolute Gasteiger partial charge is 0.340 e. The fourth-order valence-electron chi connectivity index (χ4n) is 2.98. The molecule has 0 spiro atoms. The SMILES string of the molecule is CCS(=O)(=O)Nc1ccc2c(c1)c(C(=O)OC)c(C(C)(C)C)n2S(=O)(=O)CC. The van der Waals surface area contributed by atoms with Gasteiger partial charge in [0.1, 0.15) is 0 Å². The van der Waals surface area contributed by atoms with Crippen LogP contribution in [0.5, 0.6) is 0 Å². The van der Waals surface area contributed by atoms with Crippen LogP contribution >= 0.6 is 0 Å². The number of esters is 1. The van der Waals surface area contributed by atoms with Crippen molar-refractivity contribution in [3.63, 3.8) is 0 Å². The second-order valence-electron chi connectivity index (χ2n) is 7.37. The van der Waals surface area contributed by atoms with Crippen molar-refractivity contribution in [3.8, 4) is 0 Å². The van der Waals surface area contributed by atoms with Crippen LogP contribution in [0, 0.1) is 0 Å². The van der Waals surface area contributed by atoms with Gasteiger partial charge in [0.05, 0.1) is 35.4 Å². The van der Waals surface area contributed by atoms with Crippen LogP contribution in [0.4, 0.5) is 5.69 Å². The first-order valence-corrected chi connectivity index (χ1v) is 12.1. The van der Waals surface area contributed by atoms with E-state index in [1.54, 1.807) is 20.8 Å². The minimum absolute atomic E-state index is 0.111. The number of benzene rings is 1. The molecule has 0 fully saturated rings. The van der Waals surface area contributed by atoms with Crippen LogP contribution in [0.3, 0.4) is 0 Å². The number of sulfonamides is 1. The number of carbonyl (C=O) groups is 1. The lowest BCUT2D eigenvalue weighted by Gasteiger charge is -2.23. The quantitative estimate of drug-likeness (QED) is 0.705. The third-order valence-corrected chi connectivity index (χ3v) is 7.29. The topological polar surface area (TPSA) is 112 Å². The predicted molar refractivity (Wildman–Crippen MR) is 110 cm³/mol. The number of fused-ring (bicyclic) bond motifs is 1. The standard InChI is InChI=1S/C18H26N2O6S2/c1-7-27(22,23)19-12-9-10-14-13(11-12)15(17(21)26-6)16(18(3,4)5)20(14)28(24,25)8-2/h9-11,19H,7-8H2,1-6H3. The molecule has 0 unspecified atom stereocenters. The van der Waals surface area contributed by atoms with Gasteiger partial charge in [-0.25, -0.2) is 25.6 Å². The molecule has 1 N–H and O–H groups in total. The van der Waals surface area contributed by atoms with Gasteiger partial charge in [-0.15, -0.1) is 0 Å². The Hall–Kier alpha value is -2.07. The zero-order valence-corrected chi connectivity index (χ0v) is 18.5. The molecule has 156 valence electrons. The third kappa shape index (κ3) is 4.02. The molecule has 1 aromatic heterocycles. The number of aromatic nitrogens is 1. The Labute approximate surface area is 166 Å². The van der Waals surface area contributed by atoms with E-state index in [0.717, 1.165) is 0 Å². The second kappa shape index (κ2) is 7.40. The molecule has 0 aliphatic carbocycles. The minimum atomic E-state index is -3.74. The van der Waals surface area contributed by atoms with Crippen molar-refractivity contribution in [1.82, 2.24) is 3.97 Å². The lowest BCUT2D eigenvalue weighted by molar-refractivity contribution is 0.0600. The molecular weight excluding hydrogens is 404 g/mol. The average Bonchev–Trinajstić information content (AvgIpc) is 2.96. The van der Waals surface area contributed by atoms with Gasteiger partial charge in [0.2, 0.25) is 20.0 Å². The van der Waals surface area contributed by atoms with Crippen molar-refractivity contribution in [2.45, 2.75) is 40.0 Å². The van der Waals surface area contributed by atoms with Gasteiger partial charge in [-0.05, 0) is 32.0 Å². The van der Waals surface area contributed by atoms with Crippen LogP contribution in [-0.2, 0) is 30.2 Å². The van der Waals surface area contributed by atoms with Gasteiger partial charge in [-0.2, -0.15) is 0 Å². The van der Waals surface area contributed by atoms with E-state index in [1.165, 1.54) is 43.1 Å². The van der Waals surface area contributed by atoms with Crippen molar-refractivity contribution in [3.05, 3.63) is 29.5 Å². The van der Waals surface area contributed by atoms with E-state index in [0.29, 0.717) is 16.6 Å². The van der Waals surface area contributed by atoms with Crippen LogP contribution in [-0.4, -0.2) is 45.4 Å². The summed E-state index contributed by atoms with van der Waals surface area (Å²) in [6.45, 7) is 8.43. The summed E-state index contributed by atoms with van der Waals surface area (Å²) in [5.41, 5.74) is 0.248. The first-order valence-electron chi connectivity index (χ1n) is 8.80. The second-order valence-corrected chi connectivity index (χ2v) is 11.5. The maximum Gasteiger partial charge on any atom is 0.340 e. The average molecular weight is 431 g/mol. The molecule has 0 bridgehead atoms. The van der Waals surface area contributed by atoms with Crippen LogP contribution in [0.25, 0.3) is 10.9 Å². The number of nitrogens with one attached hydrogen (secondary N) is 1. The summed E-state index contributed by atoms with van der Waals surface area (Å²) in [6.07, 6.45) is 0. The minimum Gasteiger partial charge on any atom is -0.465 e. The van der Waals surface area contributed by atoms with Gasteiger partial charge in [0.15, 0.2) is 0 Å². The lowest BCUT2D eigenvalue weighted by atomic mass is 9.89. The van der Waals surface area contributed by atoms with Crippen molar-refractivity contribution < 1.29 is 26.4 Å². The first-order chi connectivity index (χ1) is 12.8. The van der Waals surface area contributed by atoms with E-state index < -0.39 is 31.4 Å².